The second-order valence-corrected chi connectivity index (χ2v) is 2.77. The number of methoxy groups -OCH3 is 1. The molecule has 0 aliphatic carbocycles. The van der Waals surface area contributed by atoms with Crippen LogP contribution in [0, 0.1) is 0 Å². The summed E-state index contributed by atoms with van der Waals surface area (Å²) < 4.78 is 10.5. The summed E-state index contributed by atoms with van der Waals surface area (Å²) in [5, 5.41) is 0. The molecule has 0 bridgehead atoms. The van der Waals surface area contributed by atoms with E-state index in [1.165, 1.54) is 0 Å². The zero-order valence-electron chi connectivity index (χ0n) is 8.78. The first-order valence-corrected chi connectivity index (χ1v) is 4.59. The molecule has 76 valence electrons. The molecule has 0 heterocycles. The molecule has 0 atom stereocenters. The van der Waals surface area contributed by atoms with Gasteiger partial charge in [-0.25, -0.2) is 0 Å². The first-order valence-electron chi connectivity index (χ1n) is 4.59. The topological polar surface area (TPSA) is 30.8 Å². The first kappa shape index (κ1) is 10.6. The van der Waals surface area contributed by atoms with Crippen molar-refractivity contribution >= 4 is 5.90 Å². The van der Waals surface area contributed by atoms with Crippen LogP contribution < -0.4 is 9.47 Å². The van der Waals surface area contributed by atoms with Gasteiger partial charge in [0.1, 0.15) is 11.5 Å². The molecule has 0 aromatic heterocycles. The number of hydrogen-bond acceptors (Lipinski definition) is 3. The minimum absolute atomic E-state index is 0.678. The third-order valence-corrected chi connectivity index (χ3v) is 1.71. The quantitative estimate of drug-likeness (QED) is 0.545. The molecule has 0 amide bonds. The average Bonchev–Trinajstić information content (AvgIpc) is 2.19. The van der Waals surface area contributed by atoms with Crippen LogP contribution in [-0.2, 0) is 0 Å². The highest BCUT2D eigenvalue weighted by atomic mass is 16.5. The molecule has 0 fully saturated rings. The number of rotatable bonds is 3. The zero-order valence-corrected chi connectivity index (χ0v) is 8.78. The molecule has 0 unspecified atom stereocenters. The summed E-state index contributed by atoms with van der Waals surface area (Å²) in [6, 6.07) is 7.42. The average molecular weight is 193 g/mol. The van der Waals surface area contributed by atoms with Gasteiger partial charge in [-0.2, -0.15) is 0 Å². The van der Waals surface area contributed by atoms with Gasteiger partial charge in [-0.1, -0.05) is 0 Å². The number of ether oxygens (including phenoxy) is 2. The smallest absolute Gasteiger partial charge is 0.187 e. The van der Waals surface area contributed by atoms with Gasteiger partial charge >= 0.3 is 0 Å². The summed E-state index contributed by atoms with van der Waals surface area (Å²) in [6.07, 6.45) is 0. The van der Waals surface area contributed by atoms with Gasteiger partial charge in [-0.15, -0.1) is 0 Å². The SMILES string of the molecule is CCN=C(C)Oc1ccc(OC)cc1. The van der Waals surface area contributed by atoms with Crippen LogP contribution in [0.5, 0.6) is 11.5 Å². The van der Waals surface area contributed by atoms with Crippen LogP contribution in [0.4, 0.5) is 0 Å². The van der Waals surface area contributed by atoms with E-state index in [1.807, 2.05) is 38.1 Å². The number of benzene rings is 1. The fourth-order valence-corrected chi connectivity index (χ4v) is 1.07. The fourth-order valence-electron chi connectivity index (χ4n) is 1.07. The van der Waals surface area contributed by atoms with Crippen molar-refractivity contribution in [2.75, 3.05) is 13.7 Å². The Bertz CT molecular complexity index is 304. The fraction of sp³-hybridized carbons (Fsp3) is 0.364. The summed E-state index contributed by atoms with van der Waals surface area (Å²) in [5.41, 5.74) is 0. The maximum atomic E-state index is 5.45. The molecule has 3 nitrogen and oxygen atoms in total. The molecule has 0 saturated carbocycles. The highest BCUT2D eigenvalue weighted by molar-refractivity contribution is 5.75. The number of hydrogen-bond donors (Lipinski definition) is 0. The Morgan fingerprint density at radius 1 is 1.21 bits per heavy atom. The monoisotopic (exact) mass is 193 g/mol. The Labute approximate surface area is 84.4 Å². The molecule has 1 rings (SSSR count). The van der Waals surface area contributed by atoms with Crippen molar-refractivity contribution in [3.05, 3.63) is 24.3 Å². The molecule has 0 spiro atoms. The van der Waals surface area contributed by atoms with Crippen LogP contribution in [0.3, 0.4) is 0 Å². The van der Waals surface area contributed by atoms with Crippen LogP contribution in [0.25, 0.3) is 0 Å². The van der Waals surface area contributed by atoms with Gasteiger partial charge < -0.3 is 9.47 Å². The van der Waals surface area contributed by atoms with E-state index in [1.54, 1.807) is 7.11 Å². The highest BCUT2D eigenvalue weighted by Crippen LogP contribution is 2.17. The van der Waals surface area contributed by atoms with Crippen LogP contribution in [0.2, 0.25) is 0 Å². The molecule has 0 saturated heterocycles. The Hall–Kier alpha value is -1.51. The Morgan fingerprint density at radius 3 is 2.29 bits per heavy atom. The molecule has 14 heavy (non-hydrogen) atoms. The van der Waals surface area contributed by atoms with Gasteiger partial charge in [0.25, 0.3) is 0 Å². The molecular formula is C11H15NO2. The highest BCUT2D eigenvalue weighted by Gasteiger charge is 1.96. The Morgan fingerprint density at radius 2 is 1.79 bits per heavy atom. The normalized spacial score (nSPS) is 11.2. The second kappa shape index (κ2) is 5.27. The van der Waals surface area contributed by atoms with E-state index >= 15 is 0 Å². The molecule has 3 heteroatoms. The molecule has 0 aliphatic heterocycles. The summed E-state index contributed by atoms with van der Waals surface area (Å²) in [5.74, 6) is 2.28. The van der Waals surface area contributed by atoms with E-state index in [2.05, 4.69) is 4.99 Å². The van der Waals surface area contributed by atoms with Gasteiger partial charge in [0.05, 0.1) is 7.11 Å². The summed E-state index contributed by atoms with van der Waals surface area (Å²) >= 11 is 0. The Kier molecular flexibility index (Phi) is 3.98. The van der Waals surface area contributed by atoms with Gasteiger partial charge in [0.15, 0.2) is 5.90 Å². The van der Waals surface area contributed by atoms with Crippen molar-refractivity contribution in [1.29, 1.82) is 0 Å². The lowest BCUT2D eigenvalue weighted by molar-refractivity contribution is 0.414. The third kappa shape index (κ3) is 3.09. The molecular weight excluding hydrogens is 178 g/mol. The predicted octanol–water partition coefficient (Wildman–Crippen LogP) is 2.51. The van der Waals surface area contributed by atoms with E-state index in [0.29, 0.717) is 5.90 Å². The lowest BCUT2D eigenvalue weighted by atomic mass is 10.3. The van der Waals surface area contributed by atoms with Crippen molar-refractivity contribution in [1.82, 2.24) is 0 Å². The molecule has 0 aliphatic rings. The molecule has 0 radical (unpaired) electrons. The molecule has 0 N–H and O–H groups in total. The standard InChI is InChI=1S/C11H15NO2/c1-4-12-9(2)14-11-7-5-10(13-3)6-8-11/h5-8H,4H2,1-3H3. The van der Waals surface area contributed by atoms with Crippen LogP contribution in [0.1, 0.15) is 13.8 Å². The van der Waals surface area contributed by atoms with E-state index in [4.69, 9.17) is 9.47 Å². The third-order valence-electron chi connectivity index (χ3n) is 1.71. The maximum absolute atomic E-state index is 5.45. The largest absolute Gasteiger partial charge is 0.497 e. The first-order chi connectivity index (χ1) is 6.76. The van der Waals surface area contributed by atoms with E-state index in [-0.39, 0.29) is 0 Å². The van der Waals surface area contributed by atoms with Gasteiger partial charge in [0, 0.05) is 13.5 Å². The zero-order chi connectivity index (χ0) is 10.4. The Balaban J connectivity index is 2.64. The lowest BCUT2D eigenvalue weighted by Crippen LogP contribution is -2.03. The lowest BCUT2D eigenvalue weighted by Gasteiger charge is -2.05. The summed E-state index contributed by atoms with van der Waals surface area (Å²) in [6.45, 7) is 4.55. The predicted molar refractivity (Wildman–Crippen MR) is 57.3 cm³/mol. The van der Waals surface area contributed by atoms with Gasteiger partial charge in [-0.05, 0) is 31.2 Å². The number of aliphatic imine (C=N–C) groups is 1. The summed E-state index contributed by atoms with van der Waals surface area (Å²) in [7, 11) is 1.64. The van der Waals surface area contributed by atoms with Crippen LogP contribution in [-0.4, -0.2) is 19.6 Å². The minimum atomic E-state index is 0.678. The van der Waals surface area contributed by atoms with Crippen LogP contribution >= 0.6 is 0 Å². The van der Waals surface area contributed by atoms with Crippen molar-refractivity contribution in [3.63, 3.8) is 0 Å². The van der Waals surface area contributed by atoms with Crippen molar-refractivity contribution in [2.24, 2.45) is 4.99 Å². The van der Waals surface area contributed by atoms with E-state index in [0.717, 1.165) is 18.0 Å². The minimum Gasteiger partial charge on any atom is -0.497 e. The molecule has 1 aromatic rings. The summed E-state index contributed by atoms with van der Waals surface area (Å²) in [4.78, 5) is 4.13. The van der Waals surface area contributed by atoms with Crippen molar-refractivity contribution in [3.8, 4) is 11.5 Å². The van der Waals surface area contributed by atoms with Crippen molar-refractivity contribution < 1.29 is 9.47 Å². The van der Waals surface area contributed by atoms with Crippen LogP contribution in [0.15, 0.2) is 29.3 Å². The number of nitrogens with zero attached hydrogens (tertiary/aromatic N) is 1. The maximum Gasteiger partial charge on any atom is 0.187 e. The van der Waals surface area contributed by atoms with E-state index < -0.39 is 0 Å². The van der Waals surface area contributed by atoms with Crippen molar-refractivity contribution in [2.45, 2.75) is 13.8 Å². The second-order valence-electron chi connectivity index (χ2n) is 2.77. The van der Waals surface area contributed by atoms with Gasteiger partial charge in [0.2, 0.25) is 0 Å². The van der Waals surface area contributed by atoms with Gasteiger partial charge in [-0.3, -0.25) is 4.99 Å². The molecule has 1 aromatic carbocycles. The van der Waals surface area contributed by atoms with E-state index in [9.17, 15) is 0 Å².